The summed E-state index contributed by atoms with van der Waals surface area (Å²) in [6.07, 6.45) is 3.62. The maximum atomic E-state index is 12.3. The average molecular weight is 268 g/mol. The molecule has 0 bridgehead atoms. The van der Waals surface area contributed by atoms with Gasteiger partial charge in [0.05, 0.1) is 0 Å². The Bertz CT molecular complexity index is 317. The van der Waals surface area contributed by atoms with E-state index in [-0.39, 0.29) is 16.9 Å². The van der Waals surface area contributed by atoms with E-state index in [9.17, 15) is 4.79 Å². The van der Waals surface area contributed by atoms with Gasteiger partial charge in [0.15, 0.2) is 0 Å². The molecule has 1 saturated heterocycles. The van der Waals surface area contributed by atoms with Crippen LogP contribution < -0.4 is 0 Å². The lowest BCUT2D eigenvalue weighted by atomic mass is 9.94. The van der Waals surface area contributed by atoms with Crippen molar-refractivity contribution in [3.63, 3.8) is 0 Å². The van der Waals surface area contributed by atoms with Gasteiger partial charge in [-0.2, -0.15) is 0 Å². The number of hydrogen-bond donors (Lipinski definition) is 0. The number of hydrogen-bond acceptors (Lipinski definition) is 2. The van der Waals surface area contributed by atoms with E-state index in [2.05, 4.69) is 25.7 Å². The van der Waals surface area contributed by atoms with E-state index >= 15 is 0 Å². The minimum atomic E-state index is -0.279. The Morgan fingerprint density at radius 2 is 1.84 bits per heavy atom. The van der Waals surface area contributed by atoms with Crippen LogP contribution >= 0.6 is 0 Å². The van der Waals surface area contributed by atoms with E-state index in [4.69, 9.17) is 0 Å². The number of rotatable bonds is 4. The molecule has 3 heteroatoms. The fourth-order valence-corrected chi connectivity index (χ4v) is 3.00. The minimum Gasteiger partial charge on any atom is -0.344 e. The molecule has 0 aliphatic carbocycles. The van der Waals surface area contributed by atoms with Gasteiger partial charge in [-0.15, -0.1) is 0 Å². The first-order chi connectivity index (χ1) is 8.59. The molecule has 1 fully saturated rings. The first-order valence-electron chi connectivity index (χ1n) is 7.62. The fraction of sp³-hybridized carbons (Fsp3) is 0.938. The second-order valence-electron chi connectivity index (χ2n) is 7.59. The van der Waals surface area contributed by atoms with Gasteiger partial charge in [0.25, 0.3) is 0 Å². The summed E-state index contributed by atoms with van der Waals surface area (Å²) in [5.41, 5.74) is -0.0365. The highest BCUT2D eigenvalue weighted by Crippen LogP contribution is 2.29. The highest BCUT2D eigenvalue weighted by molar-refractivity contribution is 5.81. The molecule has 0 N–H and O–H groups in total. The van der Waals surface area contributed by atoms with Crippen LogP contribution in [0.5, 0.6) is 0 Å². The first-order valence-corrected chi connectivity index (χ1v) is 7.62. The van der Waals surface area contributed by atoms with Crippen molar-refractivity contribution < 1.29 is 4.79 Å². The van der Waals surface area contributed by atoms with E-state index in [1.807, 2.05) is 32.7 Å². The Hall–Kier alpha value is -0.570. The minimum absolute atomic E-state index is 0.243. The lowest BCUT2D eigenvalue weighted by Crippen LogP contribution is -2.51. The molecule has 0 radical (unpaired) electrons. The molecular formula is C16H32N2O. The third-order valence-corrected chi connectivity index (χ3v) is 4.49. The summed E-state index contributed by atoms with van der Waals surface area (Å²) in [6.45, 7) is 14.9. The highest BCUT2D eigenvalue weighted by atomic mass is 16.2. The van der Waals surface area contributed by atoms with E-state index < -0.39 is 0 Å². The smallest absolute Gasteiger partial charge is 0.227 e. The predicted molar refractivity (Wildman–Crippen MR) is 81.2 cm³/mol. The molecule has 1 aliphatic rings. The van der Waals surface area contributed by atoms with Crippen LogP contribution in [-0.4, -0.2) is 47.4 Å². The molecule has 0 unspecified atom stereocenters. The highest BCUT2D eigenvalue weighted by Gasteiger charge is 2.36. The first kappa shape index (κ1) is 16.5. The van der Waals surface area contributed by atoms with Crippen LogP contribution in [0.15, 0.2) is 0 Å². The molecule has 3 nitrogen and oxygen atoms in total. The lowest BCUT2D eigenvalue weighted by Gasteiger charge is -2.41. The van der Waals surface area contributed by atoms with Gasteiger partial charge in [0.2, 0.25) is 5.91 Å². The van der Waals surface area contributed by atoms with Crippen LogP contribution in [0.1, 0.15) is 60.8 Å². The standard InChI is InChI=1S/C16H32N2O/c1-8-16(5,6)18-11-9-10-13(18)12-17(7)14(19)15(2,3)4/h13H,8-12H2,1-7H3/t13-/m0/s1. The molecule has 112 valence electrons. The molecule has 1 atom stereocenters. The number of nitrogens with zero attached hydrogens (tertiary/aromatic N) is 2. The van der Waals surface area contributed by atoms with Crippen LogP contribution in [0.2, 0.25) is 0 Å². The van der Waals surface area contributed by atoms with Gasteiger partial charge in [-0.1, -0.05) is 27.7 Å². The van der Waals surface area contributed by atoms with Crippen molar-refractivity contribution in [1.82, 2.24) is 9.80 Å². The monoisotopic (exact) mass is 268 g/mol. The van der Waals surface area contributed by atoms with Crippen LogP contribution in [0.4, 0.5) is 0 Å². The summed E-state index contributed by atoms with van der Waals surface area (Å²) in [6, 6.07) is 0.520. The summed E-state index contributed by atoms with van der Waals surface area (Å²) in [4.78, 5) is 16.8. The van der Waals surface area contributed by atoms with Crippen molar-refractivity contribution in [3.8, 4) is 0 Å². The Morgan fingerprint density at radius 3 is 2.32 bits per heavy atom. The van der Waals surface area contributed by atoms with Crippen molar-refractivity contribution >= 4 is 5.91 Å². The molecule has 0 spiro atoms. The van der Waals surface area contributed by atoms with Gasteiger partial charge in [-0.05, 0) is 39.7 Å². The average Bonchev–Trinajstić information content (AvgIpc) is 2.75. The largest absolute Gasteiger partial charge is 0.344 e. The second-order valence-corrected chi connectivity index (χ2v) is 7.59. The van der Waals surface area contributed by atoms with Crippen molar-refractivity contribution in [1.29, 1.82) is 0 Å². The van der Waals surface area contributed by atoms with Crippen LogP contribution in [0, 0.1) is 5.41 Å². The number of carbonyl (C=O) groups excluding carboxylic acids is 1. The molecule has 1 rings (SSSR count). The maximum absolute atomic E-state index is 12.3. The van der Waals surface area contributed by atoms with Gasteiger partial charge in [-0.3, -0.25) is 9.69 Å². The molecule has 0 aromatic carbocycles. The van der Waals surface area contributed by atoms with Gasteiger partial charge in [0.1, 0.15) is 0 Å². The molecule has 1 aliphatic heterocycles. The van der Waals surface area contributed by atoms with E-state index in [0.717, 1.165) is 13.0 Å². The summed E-state index contributed by atoms with van der Waals surface area (Å²) in [5, 5.41) is 0. The molecule has 0 aromatic rings. The SMILES string of the molecule is CCC(C)(C)N1CCC[C@H]1CN(C)C(=O)C(C)(C)C. The van der Waals surface area contributed by atoms with Gasteiger partial charge in [-0.25, -0.2) is 0 Å². The third-order valence-electron chi connectivity index (χ3n) is 4.49. The van der Waals surface area contributed by atoms with Crippen LogP contribution in [0.3, 0.4) is 0 Å². The topological polar surface area (TPSA) is 23.6 Å². The van der Waals surface area contributed by atoms with Crippen LogP contribution in [0.25, 0.3) is 0 Å². The normalized spacial score (nSPS) is 21.7. The van der Waals surface area contributed by atoms with E-state index in [0.29, 0.717) is 6.04 Å². The number of amides is 1. The molecule has 1 amide bonds. The van der Waals surface area contributed by atoms with E-state index in [1.54, 1.807) is 0 Å². The lowest BCUT2D eigenvalue weighted by molar-refractivity contribution is -0.139. The number of likely N-dealkylation sites (N-methyl/N-ethyl adjacent to an activating group) is 1. The van der Waals surface area contributed by atoms with Crippen molar-refractivity contribution in [2.45, 2.75) is 72.4 Å². The Kier molecular flexibility index (Phi) is 5.05. The van der Waals surface area contributed by atoms with Gasteiger partial charge >= 0.3 is 0 Å². The van der Waals surface area contributed by atoms with Crippen molar-refractivity contribution in [2.75, 3.05) is 20.1 Å². The molecule has 1 heterocycles. The van der Waals surface area contributed by atoms with Gasteiger partial charge in [0, 0.05) is 30.6 Å². The summed E-state index contributed by atoms with van der Waals surface area (Å²) in [7, 11) is 1.95. The van der Waals surface area contributed by atoms with E-state index in [1.165, 1.54) is 19.4 Å². The molecule has 0 saturated carbocycles. The Balaban J connectivity index is 2.68. The molecular weight excluding hydrogens is 236 g/mol. The zero-order valence-electron chi connectivity index (χ0n) is 13.9. The quantitative estimate of drug-likeness (QED) is 0.782. The maximum Gasteiger partial charge on any atom is 0.227 e. The Labute approximate surface area is 119 Å². The second kappa shape index (κ2) is 5.82. The summed E-state index contributed by atoms with van der Waals surface area (Å²) < 4.78 is 0. The third kappa shape index (κ3) is 3.95. The number of carbonyl (C=O) groups is 1. The molecule has 0 aromatic heterocycles. The summed E-state index contributed by atoms with van der Waals surface area (Å²) in [5.74, 6) is 0.244. The summed E-state index contributed by atoms with van der Waals surface area (Å²) >= 11 is 0. The Morgan fingerprint density at radius 1 is 1.26 bits per heavy atom. The zero-order valence-corrected chi connectivity index (χ0v) is 13.9. The molecule has 19 heavy (non-hydrogen) atoms. The predicted octanol–water partition coefficient (Wildman–Crippen LogP) is 3.14. The number of likely N-dealkylation sites (tertiary alicyclic amines) is 1. The fourth-order valence-electron chi connectivity index (χ4n) is 3.00. The van der Waals surface area contributed by atoms with Crippen LogP contribution in [-0.2, 0) is 4.79 Å². The zero-order chi connectivity index (χ0) is 14.8. The van der Waals surface area contributed by atoms with Gasteiger partial charge < -0.3 is 4.90 Å². The van der Waals surface area contributed by atoms with Crippen molar-refractivity contribution in [2.24, 2.45) is 5.41 Å². The van der Waals surface area contributed by atoms with Crippen molar-refractivity contribution in [3.05, 3.63) is 0 Å².